The molecule has 0 unspecified atom stereocenters. The lowest BCUT2D eigenvalue weighted by molar-refractivity contribution is 0.413. The van der Waals surface area contributed by atoms with E-state index in [0.29, 0.717) is 10.8 Å². The van der Waals surface area contributed by atoms with Gasteiger partial charge in [-0.15, -0.1) is 12.4 Å². The average molecular weight is 278 g/mol. The first kappa shape index (κ1) is 16.6. The molecule has 4 heteroatoms. The van der Waals surface area contributed by atoms with Gasteiger partial charge in [-0.25, -0.2) is 0 Å². The molecule has 0 spiro atoms. The number of hydrogen-bond donors (Lipinski definition) is 1. The van der Waals surface area contributed by atoms with Gasteiger partial charge in [0.15, 0.2) is 0 Å². The summed E-state index contributed by atoms with van der Waals surface area (Å²) in [5.41, 5.74) is 7.21. The standard InChI is InChI=1S/C13H20ClNO.ClH/c1-3-4-5-6-12(15)10-7-8-11(14)13(9-10)16-2;/h7-9,12H,3-6,15H2,1-2H3;1H/t12-;/m0./s1. The van der Waals surface area contributed by atoms with Crippen LogP contribution in [0.1, 0.15) is 44.2 Å². The largest absolute Gasteiger partial charge is 0.495 e. The highest BCUT2D eigenvalue weighted by molar-refractivity contribution is 6.32. The summed E-state index contributed by atoms with van der Waals surface area (Å²) in [6.45, 7) is 2.19. The van der Waals surface area contributed by atoms with Gasteiger partial charge in [-0.3, -0.25) is 0 Å². The van der Waals surface area contributed by atoms with E-state index in [1.165, 1.54) is 19.3 Å². The van der Waals surface area contributed by atoms with Gasteiger partial charge < -0.3 is 10.5 Å². The Bertz CT molecular complexity index is 331. The van der Waals surface area contributed by atoms with E-state index < -0.39 is 0 Å². The molecule has 0 saturated heterocycles. The monoisotopic (exact) mass is 277 g/mol. The summed E-state index contributed by atoms with van der Waals surface area (Å²) < 4.78 is 5.17. The topological polar surface area (TPSA) is 35.2 Å². The zero-order valence-corrected chi connectivity index (χ0v) is 12.0. The van der Waals surface area contributed by atoms with Crippen LogP contribution in [0.5, 0.6) is 5.75 Å². The van der Waals surface area contributed by atoms with E-state index in [1.807, 2.05) is 18.2 Å². The molecule has 2 N–H and O–H groups in total. The minimum Gasteiger partial charge on any atom is -0.495 e. The fourth-order valence-electron chi connectivity index (χ4n) is 1.69. The molecule has 98 valence electrons. The van der Waals surface area contributed by atoms with Gasteiger partial charge in [-0.1, -0.05) is 43.9 Å². The molecule has 0 aliphatic rings. The fourth-order valence-corrected chi connectivity index (χ4v) is 1.88. The van der Waals surface area contributed by atoms with Crippen molar-refractivity contribution in [2.24, 2.45) is 5.73 Å². The molecule has 17 heavy (non-hydrogen) atoms. The molecular formula is C13H21Cl2NO. The normalized spacial score (nSPS) is 11.8. The SMILES string of the molecule is CCCCC[C@H](N)c1ccc(Cl)c(OC)c1.Cl. The molecule has 0 heterocycles. The van der Waals surface area contributed by atoms with Crippen molar-refractivity contribution >= 4 is 24.0 Å². The van der Waals surface area contributed by atoms with Gasteiger partial charge in [0.05, 0.1) is 12.1 Å². The summed E-state index contributed by atoms with van der Waals surface area (Å²) in [7, 11) is 1.62. The lowest BCUT2D eigenvalue weighted by Crippen LogP contribution is -2.10. The average Bonchev–Trinajstić information content (AvgIpc) is 2.30. The van der Waals surface area contributed by atoms with Crippen molar-refractivity contribution in [2.75, 3.05) is 7.11 Å². The maximum Gasteiger partial charge on any atom is 0.137 e. The number of hydrogen-bond acceptors (Lipinski definition) is 2. The van der Waals surface area contributed by atoms with Gasteiger partial charge in [0.1, 0.15) is 5.75 Å². The number of unbranched alkanes of at least 4 members (excludes halogenated alkanes) is 2. The Kier molecular flexibility index (Phi) is 8.40. The highest BCUT2D eigenvalue weighted by atomic mass is 35.5. The minimum atomic E-state index is 0. The summed E-state index contributed by atoms with van der Waals surface area (Å²) in [6.07, 6.45) is 4.64. The maximum absolute atomic E-state index is 6.11. The lowest BCUT2D eigenvalue weighted by Gasteiger charge is -2.13. The van der Waals surface area contributed by atoms with Gasteiger partial charge in [0, 0.05) is 6.04 Å². The molecule has 0 fully saturated rings. The number of ether oxygens (including phenoxy) is 1. The molecule has 1 atom stereocenters. The first-order chi connectivity index (χ1) is 7.69. The molecule has 0 aliphatic carbocycles. The van der Waals surface area contributed by atoms with E-state index in [-0.39, 0.29) is 18.4 Å². The van der Waals surface area contributed by atoms with Gasteiger partial charge in [0.2, 0.25) is 0 Å². The van der Waals surface area contributed by atoms with Crippen LogP contribution in [-0.4, -0.2) is 7.11 Å². The minimum absolute atomic E-state index is 0. The molecule has 2 nitrogen and oxygen atoms in total. The predicted octanol–water partition coefficient (Wildman–Crippen LogP) is 4.35. The smallest absolute Gasteiger partial charge is 0.137 e. The maximum atomic E-state index is 6.11. The van der Waals surface area contributed by atoms with Gasteiger partial charge in [0.25, 0.3) is 0 Å². The Hall–Kier alpha value is -0.440. The molecular weight excluding hydrogens is 257 g/mol. The van der Waals surface area contributed by atoms with Crippen LogP contribution in [0.25, 0.3) is 0 Å². The first-order valence-corrected chi connectivity index (χ1v) is 6.15. The quantitative estimate of drug-likeness (QED) is 0.785. The van der Waals surface area contributed by atoms with Crippen LogP contribution in [0.3, 0.4) is 0 Å². The Morgan fingerprint density at radius 3 is 2.65 bits per heavy atom. The van der Waals surface area contributed by atoms with Crippen LogP contribution >= 0.6 is 24.0 Å². The lowest BCUT2D eigenvalue weighted by atomic mass is 10.0. The number of nitrogens with two attached hydrogens (primary N) is 1. The zero-order valence-electron chi connectivity index (χ0n) is 10.4. The third kappa shape index (κ3) is 5.15. The van der Waals surface area contributed by atoms with E-state index >= 15 is 0 Å². The van der Waals surface area contributed by atoms with Crippen LogP contribution in [0.4, 0.5) is 0 Å². The van der Waals surface area contributed by atoms with Crippen LogP contribution < -0.4 is 10.5 Å². The molecule has 1 aromatic carbocycles. The van der Waals surface area contributed by atoms with E-state index in [9.17, 15) is 0 Å². The highest BCUT2D eigenvalue weighted by Gasteiger charge is 2.08. The molecule has 1 rings (SSSR count). The third-order valence-electron chi connectivity index (χ3n) is 2.72. The van der Waals surface area contributed by atoms with Crippen molar-refractivity contribution in [3.63, 3.8) is 0 Å². The highest BCUT2D eigenvalue weighted by Crippen LogP contribution is 2.28. The van der Waals surface area contributed by atoms with E-state index in [1.54, 1.807) is 7.11 Å². The van der Waals surface area contributed by atoms with Crippen molar-refractivity contribution in [2.45, 2.75) is 38.6 Å². The van der Waals surface area contributed by atoms with E-state index in [2.05, 4.69) is 6.92 Å². The molecule has 0 radical (unpaired) electrons. The first-order valence-electron chi connectivity index (χ1n) is 5.78. The summed E-state index contributed by atoms with van der Waals surface area (Å²) >= 11 is 5.96. The summed E-state index contributed by atoms with van der Waals surface area (Å²) in [5.74, 6) is 0.699. The van der Waals surface area contributed by atoms with Crippen LogP contribution in [0.15, 0.2) is 18.2 Å². The molecule has 0 aromatic heterocycles. The van der Waals surface area contributed by atoms with Crippen molar-refractivity contribution in [1.29, 1.82) is 0 Å². The van der Waals surface area contributed by atoms with Crippen molar-refractivity contribution in [1.82, 2.24) is 0 Å². The van der Waals surface area contributed by atoms with E-state index in [0.717, 1.165) is 12.0 Å². The number of rotatable bonds is 6. The predicted molar refractivity (Wildman–Crippen MR) is 76.3 cm³/mol. The van der Waals surface area contributed by atoms with Crippen molar-refractivity contribution < 1.29 is 4.74 Å². The number of methoxy groups -OCH3 is 1. The third-order valence-corrected chi connectivity index (χ3v) is 3.03. The van der Waals surface area contributed by atoms with Gasteiger partial charge in [-0.2, -0.15) is 0 Å². The second-order valence-electron chi connectivity index (χ2n) is 4.00. The molecule has 0 amide bonds. The fraction of sp³-hybridized carbons (Fsp3) is 0.538. The Morgan fingerprint density at radius 1 is 1.35 bits per heavy atom. The number of benzene rings is 1. The second kappa shape index (κ2) is 8.62. The zero-order chi connectivity index (χ0) is 12.0. The van der Waals surface area contributed by atoms with Crippen LogP contribution in [-0.2, 0) is 0 Å². The second-order valence-corrected chi connectivity index (χ2v) is 4.40. The van der Waals surface area contributed by atoms with Gasteiger partial charge in [-0.05, 0) is 24.1 Å². The Morgan fingerprint density at radius 2 is 2.06 bits per heavy atom. The van der Waals surface area contributed by atoms with Crippen molar-refractivity contribution in [3.05, 3.63) is 28.8 Å². The summed E-state index contributed by atoms with van der Waals surface area (Å²) in [6, 6.07) is 5.83. The summed E-state index contributed by atoms with van der Waals surface area (Å²) in [4.78, 5) is 0. The number of halogens is 2. The van der Waals surface area contributed by atoms with Crippen LogP contribution in [0, 0.1) is 0 Å². The van der Waals surface area contributed by atoms with E-state index in [4.69, 9.17) is 22.1 Å². The summed E-state index contributed by atoms with van der Waals surface area (Å²) in [5, 5.41) is 0.631. The molecule has 0 aliphatic heterocycles. The molecule has 0 saturated carbocycles. The Labute approximate surface area is 115 Å². The molecule has 0 bridgehead atoms. The van der Waals surface area contributed by atoms with Gasteiger partial charge >= 0.3 is 0 Å². The molecule has 1 aromatic rings. The van der Waals surface area contributed by atoms with Crippen LogP contribution in [0.2, 0.25) is 5.02 Å². The van der Waals surface area contributed by atoms with Crippen molar-refractivity contribution in [3.8, 4) is 5.75 Å². The Balaban J connectivity index is 0.00000256.